The molecule has 3 rings (SSSR count). The van der Waals surface area contributed by atoms with E-state index in [2.05, 4.69) is 5.32 Å². The summed E-state index contributed by atoms with van der Waals surface area (Å²) in [6.07, 6.45) is 1.25. The third-order valence-electron chi connectivity index (χ3n) is 6.17. The van der Waals surface area contributed by atoms with E-state index < -0.39 is 15.9 Å². The number of sulfonamides is 1. The van der Waals surface area contributed by atoms with Crippen LogP contribution < -0.4 is 10.0 Å². The van der Waals surface area contributed by atoms with Gasteiger partial charge in [0.2, 0.25) is 23.6 Å². The topological polar surface area (TPSA) is 133 Å². The summed E-state index contributed by atoms with van der Waals surface area (Å²) < 4.78 is 25.9. The minimum atomic E-state index is -3.94. The van der Waals surface area contributed by atoms with Crippen LogP contribution in [0, 0.1) is 11.8 Å². The zero-order chi connectivity index (χ0) is 25.3. The number of hydrogen-bond acceptors (Lipinski definition) is 6. The number of likely N-dealkylation sites (tertiary alicyclic amines) is 2. The minimum Gasteiger partial charge on any atom is -0.342 e. The van der Waals surface area contributed by atoms with E-state index in [-0.39, 0.29) is 46.4 Å². The van der Waals surface area contributed by atoms with E-state index in [4.69, 9.17) is 0 Å². The third kappa shape index (κ3) is 5.94. The van der Waals surface area contributed by atoms with Gasteiger partial charge >= 0.3 is 0 Å². The Balaban J connectivity index is 1.52. The molecule has 1 aromatic carbocycles. The Labute approximate surface area is 200 Å². The van der Waals surface area contributed by atoms with Gasteiger partial charge in [0, 0.05) is 50.1 Å². The average molecular weight is 493 g/mol. The second-order valence-corrected chi connectivity index (χ2v) is 11.5. The largest absolute Gasteiger partial charge is 0.342 e. The van der Waals surface area contributed by atoms with E-state index >= 15 is 0 Å². The molecule has 2 fully saturated rings. The summed E-state index contributed by atoms with van der Waals surface area (Å²) in [5, 5.41) is 2.78. The molecule has 4 amide bonds. The number of nitrogens with zero attached hydrogens (tertiary/aromatic N) is 2. The van der Waals surface area contributed by atoms with Crippen molar-refractivity contribution in [1.29, 1.82) is 0 Å². The summed E-state index contributed by atoms with van der Waals surface area (Å²) in [6, 6.07) is 5.55. The van der Waals surface area contributed by atoms with E-state index in [0.717, 1.165) is 6.92 Å². The van der Waals surface area contributed by atoms with Crippen LogP contribution in [0.3, 0.4) is 0 Å². The Kier molecular flexibility index (Phi) is 7.35. The molecule has 2 aliphatic heterocycles. The lowest BCUT2D eigenvalue weighted by molar-refractivity contribution is -0.138. The molecule has 0 radical (unpaired) electrons. The van der Waals surface area contributed by atoms with Crippen molar-refractivity contribution < 1.29 is 27.6 Å². The highest BCUT2D eigenvalue weighted by Gasteiger charge is 2.41. The van der Waals surface area contributed by atoms with E-state index in [0.29, 0.717) is 38.2 Å². The Morgan fingerprint density at radius 1 is 1.00 bits per heavy atom. The van der Waals surface area contributed by atoms with Gasteiger partial charge in [-0.25, -0.2) is 13.1 Å². The van der Waals surface area contributed by atoms with Crippen LogP contribution in [0.4, 0.5) is 5.69 Å². The standard InChI is InChI=1S/C23H32N4O6S/c1-15(28)25-34(32,33)19-7-5-18(6-8-19)24-21(30)16-9-11-26(12-10-16)22(31)17-13-20(29)27(14-17)23(2,3)4/h5-8,16-17H,9-14H2,1-4H3,(H,24,30)(H,25,28). The zero-order valence-electron chi connectivity index (χ0n) is 20.0. The van der Waals surface area contributed by atoms with Gasteiger partial charge < -0.3 is 15.1 Å². The first-order valence-electron chi connectivity index (χ1n) is 11.3. The van der Waals surface area contributed by atoms with Crippen molar-refractivity contribution in [1.82, 2.24) is 14.5 Å². The van der Waals surface area contributed by atoms with Gasteiger partial charge in [-0.05, 0) is 57.9 Å². The molecular weight excluding hydrogens is 460 g/mol. The first kappa shape index (κ1) is 25.7. The molecule has 11 heteroatoms. The molecule has 2 N–H and O–H groups in total. The quantitative estimate of drug-likeness (QED) is 0.637. The van der Waals surface area contributed by atoms with Gasteiger partial charge in [-0.1, -0.05) is 0 Å². The van der Waals surface area contributed by atoms with Crippen LogP contribution in [-0.2, 0) is 29.2 Å². The molecule has 0 aliphatic carbocycles. The van der Waals surface area contributed by atoms with Gasteiger partial charge in [0.15, 0.2) is 0 Å². The van der Waals surface area contributed by atoms with Crippen molar-refractivity contribution in [2.45, 2.75) is 57.4 Å². The number of carbonyl (C=O) groups excluding carboxylic acids is 4. The van der Waals surface area contributed by atoms with Crippen LogP contribution in [-0.4, -0.2) is 67.0 Å². The van der Waals surface area contributed by atoms with Gasteiger partial charge in [-0.3, -0.25) is 19.2 Å². The number of nitrogens with one attached hydrogen (secondary N) is 2. The molecule has 2 saturated heterocycles. The maximum Gasteiger partial charge on any atom is 0.264 e. The highest BCUT2D eigenvalue weighted by atomic mass is 32.2. The number of hydrogen-bond donors (Lipinski definition) is 2. The fourth-order valence-electron chi connectivity index (χ4n) is 4.35. The molecule has 1 atom stereocenters. The lowest BCUT2D eigenvalue weighted by Gasteiger charge is -2.34. The highest BCUT2D eigenvalue weighted by Crippen LogP contribution is 2.29. The lowest BCUT2D eigenvalue weighted by atomic mass is 9.94. The van der Waals surface area contributed by atoms with Crippen LogP contribution >= 0.6 is 0 Å². The second kappa shape index (κ2) is 9.73. The predicted octanol–water partition coefficient (Wildman–Crippen LogP) is 1.34. The first-order chi connectivity index (χ1) is 15.8. The number of rotatable bonds is 5. The number of piperidine rings is 1. The van der Waals surface area contributed by atoms with Crippen molar-refractivity contribution in [2.24, 2.45) is 11.8 Å². The fourth-order valence-corrected chi connectivity index (χ4v) is 5.34. The number of amides is 4. The Hall–Kier alpha value is -2.95. The molecule has 186 valence electrons. The van der Waals surface area contributed by atoms with E-state index in [1.807, 2.05) is 25.5 Å². The Bertz CT molecular complexity index is 1070. The summed E-state index contributed by atoms with van der Waals surface area (Å²) in [5.74, 6) is -1.54. The zero-order valence-corrected chi connectivity index (χ0v) is 20.8. The molecule has 2 heterocycles. The van der Waals surface area contributed by atoms with Crippen molar-refractivity contribution in [3.05, 3.63) is 24.3 Å². The second-order valence-electron chi connectivity index (χ2n) is 9.85. The van der Waals surface area contributed by atoms with Crippen molar-refractivity contribution in [3.63, 3.8) is 0 Å². The molecule has 2 aliphatic rings. The van der Waals surface area contributed by atoms with E-state index in [9.17, 15) is 27.6 Å². The maximum absolute atomic E-state index is 12.9. The fraction of sp³-hybridized carbons (Fsp3) is 0.565. The molecule has 1 aromatic rings. The normalized spacial score (nSPS) is 19.8. The first-order valence-corrected chi connectivity index (χ1v) is 12.8. The number of anilines is 1. The van der Waals surface area contributed by atoms with E-state index in [1.54, 1.807) is 9.80 Å². The van der Waals surface area contributed by atoms with Crippen molar-refractivity contribution in [3.8, 4) is 0 Å². The molecule has 0 bridgehead atoms. The summed E-state index contributed by atoms with van der Waals surface area (Å²) in [7, 11) is -3.94. The van der Waals surface area contributed by atoms with Gasteiger partial charge in [-0.15, -0.1) is 0 Å². The molecule has 0 spiro atoms. The van der Waals surface area contributed by atoms with Gasteiger partial charge in [0.1, 0.15) is 0 Å². The van der Waals surface area contributed by atoms with Gasteiger partial charge in [-0.2, -0.15) is 0 Å². The predicted molar refractivity (Wildman–Crippen MR) is 125 cm³/mol. The van der Waals surface area contributed by atoms with Gasteiger partial charge in [0.05, 0.1) is 10.8 Å². The minimum absolute atomic E-state index is 0.00370. The van der Waals surface area contributed by atoms with Crippen molar-refractivity contribution >= 4 is 39.3 Å². The molecule has 10 nitrogen and oxygen atoms in total. The van der Waals surface area contributed by atoms with Crippen LogP contribution in [0.5, 0.6) is 0 Å². The third-order valence-corrected chi connectivity index (χ3v) is 7.62. The lowest BCUT2D eigenvalue weighted by Crippen LogP contribution is -2.46. The van der Waals surface area contributed by atoms with Crippen LogP contribution in [0.25, 0.3) is 0 Å². The summed E-state index contributed by atoms with van der Waals surface area (Å²) in [4.78, 5) is 52.4. The number of benzene rings is 1. The summed E-state index contributed by atoms with van der Waals surface area (Å²) >= 11 is 0. The van der Waals surface area contributed by atoms with Crippen LogP contribution in [0.15, 0.2) is 29.2 Å². The smallest absolute Gasteiger partial charge is 0.264 e. The van der Waals surface area contributed by atoms with Crippen molar-refractivity contribution in [2.75, 3.05) is 25.0 Å². The monoisotopic (exact) mass is 492 g/mol. The summed E-state index contributed by atoms with van der Waals surface area (Å²) in [5.41, 5.74) is 0.126. The Morgan fingerprint density at radius 3 is 2.09 bits per heavy atom. The average Bonchev–Trinajstić information content (AvgIpc) is 3.15. The van der Waals surface area contributed by atoms with Crippen LogP contribution in [0.1, 0.15) is 47.0 Å². The SMILES string of the molecule is CC(=O)NS(=O)(=O)c1ccc(NC(=O)C2CCN(C(=O)C3CC(=O)N(C(C)(C)C)C3)CC2)cc1. The van der Waals surface area contributed by atoms with Crippen LogP contribution in [0.2, 0.25) is 0 Å². The maximum atomic E-state index is 12.9. The molecule has 0 saturated carbocycles. The molecular formula is C23H32N4O6S. The summed E-state index contributed by atoms with van der Waals surface area (Å²) in [6.45, 7) is 8.30. The Morgan fingerprint density at radius 2 is 1.59 bits per heavy atom. The molecule has 34 heavy (non-hydrogen) atoms. The molecule has 1 unspecified atom stereocenters. The van der Waals surface area contributed by atoms with E-state index in [1.165, 1.54) is 24.3 Å². The van der Waals surface area contributed by atoms with Gasteiger partial charge in [0.25, 0.3) is 10.0 Å². The number of carbonyl (C=O) groups is 4. The highest BCUT2D eigenvalue weighted by molar-refractivity contribution is 7.90. The molecule has 0 aromatic heterocycles.